The molecule has 0 spiro atoms. The molecule has 0 fully saturated rings. The van der Waals surface area contributed by atoms with Crippen molar-refractivity contribution < 1.29 is 0 Å². The van der Waals surface area contributed by atoms with E-state index in [4.69, 9.17) is 0 Å². The Morgan fingerprint density at radius 2 is 2.14 bits per heavy atom. The average Bonchev–Trinajstić information content (AvgIpc) is 1.69. The second kappa shape index (κ2) is 5.92. The van der Waals surface area contributed by atoms with E-state index in [1.165, 1.54) is 0 Å². The maximum absolute atomic E-state index is 3.62. The van der Waals surface area contributed by atoms with Gasteiger partial charge in [0.25, 0.3) is 0 Å². The highest BCUT2D eigenvalue weighted by Gasteiger charge is 1.75. The van der Waals surface area contributed by atoms with Gasteiger partial charge in [-0.2, -0.15) is 0 Å². The van der Waals surface area contributed by atoms with Crippen molar-refractivity contribution in [1.29, 1.82) is 0 Å². The molecule has 0 amide bonds. The fraction of sp³-hybridized carbons (Fsp3) is 0.800. The van der Waals surface area contributed by atoms with Crippen molar-refractivity contribution in [2.24, 2.45) is 0 Å². The summed E-state index contributed by atoms with van der Waals surface area (Å²) in [5.74, 6) is 0. The summed E-state index contributed by atoms with van der Waals surface area (Å²) in [7, 11) is 1.94. The van der Waals surface area contributed by atoms with E-state index in [2.05, 4.69) is 17.6 Å². The summed E-state index contributed by atoms with van der Waals surface area (Å²) in [5, 5.41) is 6.09. The predicted molar refractivity (Wildman–Crippen MR) is 32.2 cm³/mol. The Morgan fingerprint density at radius 3 is 2.57 bits per heavy atom. The molecule has 0 aromatic rings. The van der Waals surface area contributed by atoms with E-state index in [9.17, 15) is 0 Å². The van der Waals surface area contributed by atoms with Gasteiger partial charge >= 0.3 is 0 Å². The zero-order chi connectivity index (χ0) is 5.54. The van der Waals surface area contributed by atoms with Gasteiger partial charge in [0.15, 0.2) is 0 Å². The van der Waals surface area contributed by atoms with E-state index in [0.29, 0.717) is 0 Å². The van der Waals surface area contributed by atoms with Crippen molar-refractivity contribution in [2.75, 3.05) is 26.7 Å². The molecule has 0 aliphatic rings. The van der Waals surface area contributed by atoms with Crippen LogP contribution in [0, 0.1) is 6.92 Å². The van der Waals surface area contributed by atoms with Crippen LogP contribution in [0.15, 0.2) is 0 Å². The van der Waals surface area contributed by atoms with Crippen LogP contribution in [-0.2, 0) is 0 Å². The molecule has 1 radical (unpaired) electrons. The molecule has 0 bridgehead atoms. The molecule has 2 N–H and O–H groups in total. The quantitative estimate of drug-likeness (QED) is 0.472. The molecule has 2 heteroatoms. The van der Waals surface area contributed by atoms with E-state index < -0.39 is 0 Å². The number of rotatable bonds is 4. The van der Waals surface area contributed by atoms with Crippen molar-refractivity contribution >= 4 is 0 Å². The van der Waals surface area contributed by atoms with Crippen LogP contribution < -0.4 is 10.6 Å². The topological polar surface area (TPSA) is 24.1 Å². The molecule has 0 aliphatic heterocycles. The fourth-order valence-corrected chi connectivity index (χ4v) is 0.338. The first-order valence-electron chi connectivity index (χ1n) is 2.56. The van der Waals surface area contributed by atoms with Crippen LogP contribution in [0.1, 0.15) is 0 Å². The van der Waals surface area contributed by atoms with Gasteiger partial charge in [-0.05, 0) is 20.5 Å². The molecule has 0 unspecified atom stereocenters. The Balaban J connectivity index is 2.45. The second-order valence-electron chi connectivity index (χ2n) is 1.35. The van der Waals surface area contributed by atoms with Crippen LogP contribution in [-0.4, -0.2) is 26.7 Å². The van der Waals surface area contributed by atoms with Crippen LogP contribution >= 0.6 is 0 Å². The van der Waals surface area contributed by atoms with Crippen molar-refractivity contribution in [3.05, 3.63) is 6.92 Å². The summed E-state index contributed by atoms with van der Waals surface area (Å²) in [6.07, 6.45) is 0. The molecule has 0 aromatic carbocycles. The molecule has 0 heterocycles. The molecule has 0 aromatic heterocycles. The smallest absolute Gasteiger partial charge is 0.00766 e. The minimum Gasteiger partial charge on any atom is -0.318 e. The zero-order valence-corrected chi connectivity index (χ0v) is 4.83. The molecule has 0 aliphatic carbocycles. The molecular weight excluding hydrogens is 88.1 g/mol. The van der Waals surface area contributed by atoms with Crippen molar-refractivity contribution in [3.8, 4) is 0 Å². The Hall–Kier alpha value is -0.0800. The van der Waals surface area contributed by atoms with Gasteiger partial charge in [-0.1, -0.05) is 0 Å². The van der Waals surface area contributed by atoms with Gasteiger partial charge in [0, 0.05) is 13.1 Å². The summed E-state index contributed by atoms with van der Waals surface area (Å²) < 4.78 is 0. The summed E-state index contributed by atoms with van der Waals surface area (Å²) in [6.45, 7) is 6.48. The van der Waals surface area contributed by atoms with Gasteiger partial charge < -0.3 is 10.6 Å². The first-order chi connectivity index (χ1) is 3.41. The first kappa shape index (κ1) is 6.92. The lowest BCUT2D eigenvalue weighted by Gasteiger charge is -1.96. The first-order valence-corrected chi connectivity index (χ1v) is 2.56. The average molecular weight is 101 g/mol. The maximum atomic E-state index is 3.62. The number of hydrogen-bond acceptors (Lipinski definition) is 2. The lowest BCUT2D eigenvalue weighted by molar-refractivity contribution is 0.689. The minimum atomic E-state index is 0.821. The maximum Gasteiger partial charge on any atom is 0.00766 e. The molecule has 0 atom stereocenters. The van der Waals surface area contributed by atoms with Gasteiger partial charge in [-0.3, -0.25) is 0 Å². The Morgan fingerprint density at radius 1 is 1.43 bits per heavy atom. The largest absolute Gasteiger partial charge is 0.318 e. The summed E-state index contributed by atoms with van der Waals surface area (Å²) in [6, 6.07) is 0. The monoisotopic (exact) mass is 101 g/mol. The Kier molecular flexibility index (Phi) is 5.85. The van der Waals surface area contributed by atoms with Crippen molar-refractivity contribution in [1.82, 2.24) is 10.6 Å². The second-order valence-corrected chi connectivity index (χ2v) is 1.35. The van der Waals surface area contributed by atoms with E-state index in [-0.39, 0.29) is 0 Å². The van der Waals surface area contributed by atoms with Crippen molar-refractivity contribution in [3.63, 3.8) is 0 Å². The summed E-state index contributed by atoms with van der Waals surface area (Å²) >= 11 is 0. The van der Waals surface area contributed by atoms with E-state index in [1.807, 2.05) is 7.05 Å². The van der Waals surface area contributed by atoms with Crippen molar-refractivity contribution in [2.45, 2.75) is 0 Å². The third-order valence-corrected chi connectivity index (χ3v) is 0.729. The molecule has 0 rings (SSSR count). The Labute approximate surface area is 45.3 Å². The van der Waals surface area contributed by atoms with Crippen LogP contribution in [0.5, 0.6) is 0 Å². The van der Waals surface area contributed by atoms with E-state index in [1.54, 1.807) is 0 Å². The fourth-order valence-electron chi connectivity index (χ4n) is 0.338. The predicted octanol–water partition coefficient (Wildman–Crippen LogP) is -0.371. The van der Waals surface area contributed by atoms with Gasteiger partial charge in [0.2, 0.25) is 0 Å². The van der Waals surface area contributed by atoms with Crippen LogP contribution in [0.25, 0.3) is 0 Å². The molecule has 0 saturated heterocycles. The highest BCUT2D eigenvalue weighted by Crippen LogP contribution is 1.51. The minimum absolute atomic E-state index is 0.821. The van der Waals surface area contributed by atoms with Gasteiger partial charge in [0.1, 0.15) is 0 Å². The third kappa shape index (κ3) is 5.92. The number of nitrogens with one attached hydrogen (secondary N) is 2. The van der Waals surface area contributed by atoms with Gasteiger partial charge in [-0.15, -0.1) is 0 Å². The molecule has 7 heavy (non-hydrogen) atoms. The van der Waals surface area contributed by atoms with E-state index in [0.717, 1.165) is 19.6 Å². The summed E-state index contributed by atoms with van der Waals surface area (Å²) in [5.41, 5.74) is 0. The SMILES string of the molecule is [CH2]CNCCNC. The number of hydrogen-bond donors (Lipinski definition) is 2. The zero-order valence-electron chi connectivity index (χ0n) is 4.83. The van der Waals surface area contributed by atoms with Crippen LogP contribution in [0.3, 0.4) is 0 Å². The van der Waals surface area contributed by atoms with Crippen LogP contribution in [0.4, 0.5) is 0 Å². The highest BCUT2D eigenvalue weighted by atomic mass is 14.9. The lowest BCUT2D eigenvalue weighted by Crippen LogP contribution is -2.24. The van der Waals surface area contributed by atoms with Crippen LogP contribution in [0.2, 0.25) is 0 Å². The van der Waals surface area contributed by atoms with Gasteiger partial charge in [0.05, 0.1) is 0 Å². The molecule has 0 saturated carbocycles. The van der Waals surface area contributed by atoms with E-state index >= 15 is 0 Å². The standard InChI is InChI=1S/C5H13N2/c1-3-7-5-4-6-2/h6-7H,1,3-5H2,2H3. The summed E-state index contributed by atoms with van der Waals surface area (Å²) in [4.78, 5) is 0. The van der Waals surface area contributed by atoms with Gasteiger partial charge in [-0.25, -0.2) is 0 Å². The molecule has 2 nitrogen and oxygen atoms in total. The highest BCUT2D eigenvalue weighted by molar-refractivity contribution is 4.48. The Bertz CT molecular complexity index is 25.3. The number of likely N-dealkylation sites (N-methyl/N-ethyl adjacent to an activating group) is 1. The molecular formula is C5H13N2. The molecule has 43 valence electrons. The third-order valence-electron chi connectivity index (χ3n) is 0.729. The normalized spacial score (nSPS) is 9.43. The lowest BCUT2D eigenvalue weighted by atomic mass is 10.6.